The van der Waals surface area contributed by atoms with E-state index < -0.39 is 0 Å². The van der Waals surface area contributed by atoms with Gasteiger partial charge in [-0.25, -0.2) is 0 Å². The van der Waals surface area contributed by atoms with Gasteiger partial charge in [-0.1, -0.05) is 41.9 Å². The Morgan fingerprint density at radius 1 is 1.10 bits per heavy atom. The summed E-state index contributed by atoms with van der Waals surface area (Å²) in [7, 11) is 1.95. The van der Waals surface area contributed by atoms with E-state index in [0.29, 0.717) is 5.92 Å². The van der Waals surface area contributed by atoms with E-state index in [1.165, 1.54) is 11.1 Å². The van der Waals surface area contributed by atoms with Crippen LogP contribution in [0.1, 0.15) is 30.9 Å². The Hall–Kier alpha value is -1.32. The van der Waals surface area contributed by atoms with Gasteiger partial charge in [-0.05, 0) is 54.4 Å². The van der Waals surface area contributed by atoms with Crippen LogP contribution in [-0.4, -0.2) is 7.05 Å². The molecular formula is C17H20BrNO. The summed E-state index contributed by atoms with van der Waals surface area (Å²) in [6.07, 6.45) is 0. The van der Waals surface area contributed by atoms with E-state index in [-0.39, 0.29) is 0 Å². The van der Waals surface area contributed by atoms with Gasteiger partial charge in [0.25, 0.3) is 0 Å². The number of halogens is 1. The predicted molar refractivity (Wildman–Crippen MR) is 87.5 cm³/mol. The van der Waals surface area contributed by atoms with E-state index >= 15 is 0 Å². The lowest BCUT2D eigenvalue weighted by Crippen LogP contribution is -2.04. The normalized spacial score (nSPS) is 10.8. The maximum Gasteiger partial charge on any atom is 0.130 e. The zero-order chi connectivity index (χ0) is 14.5. The molecule has 0 spiro atoms. The van der Waals surface area contributed by atoms with Gasteiger partial charge in [-0.2, -0.15) is 0 Å². The van der Waals surface area contributed by atoms with Crippen molar-refractivity contribution in [2.75, 3.05) is 7.05 Å². The molecule has 0 fully saturated rings. The second-order valence-electron chi connectivity index (χ2n) is 5.11. The molecule has 2 nitrogen and oxygen atoms in total. The SMILES string of the molecule is CNCc1ccc(Oc2ccc(Br)cc2C(C)C)cc1. The van der Waals surface area contributed by atoms with Crippen LogP contribution in [0.2, 0.25) is 0 Å². The summed E-state index contributed by atoms with van der Waals surface area (Å²) < 4.78 is 7.10. The van der Waals surface area contributed by atoms with Crippen LogP contribution < -0.4 is 10.1 Å². The molecule has 2 rings (SSSR count). The Bertz CT molecular complexity index is 564. The molecule has 0 saturated carbocycles. The molecule has 0 bridgehead atoms. The van der Waals surface area contributed by atoms with Crippen molar-refractivity contribution in [3.63, 3.8) is 0 Å². The van der Waals surface area contributed by atoms with Crippen LogP contribution in [0.5, 0.6) is 11.5 Å². The Balaban J connectivity index is 2.21. The van der Waals surface area contributed by atoms with Gasteiger partial charge in [0.15, 0.2) is 0 Å². The van der Waals surface area contributed by atoms with Gasteiger partial charge in [0.05, 0.1) is 0 Å². The highest BCUT2D eigenvalue weighted by Gasteiger charge is 2.09. The van der Waals surface area contributed by atoms with E-state index in [4.69, 9.17) is 4.74 Å². The monoisotopic (exact) mass is 333 g/mol. The molecule has 0 radical (unpaired) electrons. The van der Waals surface area contributed by atoms with Crippen LogP contribution in [0.25, 0.3) is 0 Å². The topological polar surface area (TPSA) is 21.3 Å². The number of nitrogens with one attached hydrogen (secondary N) is 1. The second kappa shape index (κ2) is 6.91. The summed E-state index contributed by atoms with van der Waals surface area (Å²) in [5, 5.41) is 3.14. The number of hydrogen-bond acceptors (Lipinski definition) is 2. The molecule has 1 N–H and O–H groups in total. The van der Waals surface area contributed by atoms with Crippen molar-refractivity contribution in [2.45, 2.75) is 26.3 Å². The van der Waals surface area contributed by atoms with Gasteiger partial charge in [-0.3, -0.25) is 0 Å². The van der Waals surface area contributed by atoms with E-state index in [1.54, 1.807) is 0 Å². The van der Waals surface area contributed by atoms with Crippen molar-refractivity contribution in [3.05, 3.63) is 58.1 Å². The summed E-state index contributed by atoms with van der Waals surface area (Å²) in [6.45, 7) is 5.21. The van der Waals surface area contributed by atoms with Gasteiger partial charge < -0.3 is 10.1 Å². The lowest BCUT2D eigenvalue weighted by molar-refractivity contribution is 0.472. The average molecular weight is 334 g/mol. The number of benzene rings is 2. The summed E-state index contributed by atoms with van der Waals surface area (Å²) in [5.74, 6) is 2.21. The van der Waals surface area contributed by atoms with Gasteiger partial charge in [0, 0.05) is 11.0 Å². The van der Waals surface area contributed by atoms with Crippen molar-refractivity contribution >= 4 is 15.9 Å². The standard InChI is InChI=1S/C17H20BrNO/c1-12(2)16-10-14(18)6-9-17(16)20-15-7-4-13(5-8-15)11-19-3/h4-10,12,19H,11H2,1-3H3. The first-order chi connectivity index (χ1) is 9.60. The summed E-state index contributed by atoms with van der Waals surface area (Å²) >= 11 is 3.51. The van der Waals surface area contributed by atoms with E-state index in [9.17, 15) is 0 Å². The molecule has 0 aliphatic carbocycles. The van der Waals surface area contributed by atoms with Crippen molar-refractivity contribution in [1.29, 1.82) is 0 Å². The van der Waals surface area contributed by atoms with Crippen LogP contribution in [0.3, 0.4) is 0 Å². The first-order valence-electron chi connectivity index (χ1n) is 6.81. The average Bonchev–Trinajstić information content (AvgIpc) is 2.43. The highest BCUT2D eigenvalue weighted by Crippen LogP contribution is 2.32. The Morgan fingerprint density at radius 3 is 2.40 bits per heavy atom. The largest absolute Gasteiger partial charge is 0.457 e. The fourth-order valence-electron chi connectivity index (χ4n) is 2.07. The van der Waals surface area contributed by atoms with Crippen molar-refractivity contribution in [1.82, 2.24) is 5.32 Å². The van der Waals surface area contributed by atoms with Crippen LogP contribution in [-0.2, 0) is 6.54 Å². The first kappa shape index (κ1) is 15.1. The number of hydrogen-bond donors (Lipinski definition) is 1. The van der Waals surface area contributed by atoms with Crippen molar-refractivity contribution in [3.8, 4) is 11.5 Å². The lowest BCUT2D eigenvalue weighted by atomic mass is 10.0. The van der Waals surface area contributed by atoms with Gasteiger partial charge >= 0.3 is 0 Å². The van der Waals surface area contributed by atoms with E-state index in [1.807, 2.05) is 31.3 Å². The third kappa shape index (κ3) is 3.84. The maximum absolute atomic E-state index is 6.02. The van der Waals surface area contributed by atoms with Crippen LogP contribution in [0.15, 0.2) is 46.9 Å². The van der Waals surface area contributed by atoms with Crippen LogP contribution in [0, 0.1) is 0 Å². The molecule has 0 amide bonds. The molecule has 3 heteroatoms. The second-order valence-corrected chi connectivity index (χ2v) is 6.03. The summed E-state index contributed by atoms with van der Waals surface area (Å²) in [6, 6.07) is 14.3. The molecule has 0 aliphatic heterocycles. The molecular weight excluding hydrogens is 314 g/mol. The Morgan fingerprint density at radius 2 is 1.80 bits per heavy atom. The fourth-order valence-corrected chi connectivity index (χ4v) is 2.45. The smallest absolute Gasteiger partial charge is 0.130 e. The van der Waals surface area contributed by atoms with Crippen molar-refractivity contribution in [2.24, 2.45) is 0 Å². The van der Waals surface area contributed by atoms with Crippen LogP contribution in [0.4, 0.5) is 0 Å². The fraction of sp³-hybridized carbons (Fsp3) is 0.294. The summed E-state index contributed by atoms with van der Waals surface area (Å²) in [5.41, 5.74) is 2.46. The zero-order valence-corrected chi connectivity index (χ0v) is 13.7. The Labute approximate surface area is 129 Å². The number of rotatable bonds is 5. The maximum atomic E-state index is 6.02. The van der Waals surface area contributed by atoms with Gasteiger partial charge in [-0.15, -0.1) is 0 Å². The minimum atomic E-state index is 0.422. The van der Waals surface area contributed by atoms with Crippen molar-refractivity contribution < 1.29 is 4.74 Å². The first-order valence-corrected chi connectivity index (χ1v) is 7.60. The summed E-state index contributed by atoms with van der Waals surface area (Å²) in [4.78, 5) is 0. The van der Waals surface area contributed by atoms with E-state index in [0.717, 1.165) is 22.5 Å². The molecule has 2 aromatic rings. The molecule has 0 aromatic heterocycles. The molecule has 106 valence electrons. The lowest BCUT2D eigenvalue weighted by Gasteiger charge is -2.14. The third-order valence-corrected chi connectivity index (χ3v) is 3.62. The van der Waals surface area contributed by atoms with Crippen LogP contribution >= 0.6 is 15.9 Å². The Kier molecular flexibility index (Phi) is 5.21. The predicted octanol–water partition coefficient (Wildman–Crippen LogP) is 5.08. The van der Waals surface area contributed by atoms with Gasteiger partial charge in [0.1, 0.15) is 11.5 Å². The molecule has 2 aromatic carbocycles. The number of ether oxygens (including phenoxy) is 1. The quantitative estimate of drug-likeness (QED) is 0.823. The highest BCUT2D eigenvalue weighted by atomic mass is 79.9. The minimum Gasteiger partial charge on any atom is -0.457 e. The van der Waals surface area contributed by atoms with Gasteiger partial charge in [0.2, 0.25) is 0 Å². The van der Waals surface area contributed by atoms with E-state index in [2.05, 4.69) is 53.3 Å². The molecule has 0 heterocycles. The minimum absolute atomic E-state index is 0.422. The molecule has 0 unspecified atom stereocenters. The molecule has 20 heavy (non-hydrogen) atoms. The zero-order valence-electron chi connectivity index (χ0n) is 12.1. The molecule has 0 saturated heterocycles. The molecule has 0 aliphatic rings. The third-order valence-electron chi connectivity index (χ3n) is 3.13. The molecule has 0 atom stereocenters. The highest BCUT2D eigenvalue weighted by molar-refractivity contribution is 9.10.